The molecule has 4 rings (SSSR count). The number of nitrogens with zero attached hydrogens (tertiary/aromatic N) is 2. The van der Waals surface area contributed by atoms with Crippen LogP contribution in [0.25, 0.3) is 16.8 Å². The van der Waals surface area contributed by atoms with Gasteiger partial charge < -0.3 is 35.4 Å². The Labute approximate surface area is 197 Å². The molecule has 34 heavy (non-hydrogen) atoms. The van der Waals surface area contributed by atoms with Crippen LogP contribution in [-0.2, 0) is 9.53 Å². The molecule has 2 fully saturated rings. The van der Waals surface area contributed by atoms with Gasteiger partial charge >= 0.3 is 0 Å². The minimum atomic E-state index is -1.66. The van der Waals surface area contributed by atoms with Gasteiger partial charge in [0.15, 0.2) is 6.29 Å². The number of benzene rings is 2. The van der Waals surface area contributed by atoms with Gasteiger partial charge in [0.1, 0.15) is 36.0 Å². The van der Waals surface area contributed by atoms with Gasteiger partial charge in [-0.1, -0.05) is 18.2 Å². The summed E-state index contributed by atoms with van der Waals surface area (Å²) in [5, 5.41) is 53.3. The summed E-state index contributed by atoms with van der Waals surface area (Å²) >= 11 is 0. The third-order valence-corrected chi connectivity index (χ3v) is 6.44. The summed E-state index contributed by atoms with van der Waals surface area (Å²) < 4.78 is 5.04. The summed E-state index contributed by atoms with van der Waals surface area (Å²) in [5.74, 6) is -0.829. The molecule has 2 aromatic rings. The van der Waals surface area contributed by atoms with Crippen LogP contribution in [0, 0.1) is 11.3 Å². The molecule has 2 aliphatic rings. The molecular weight excluding hydrogens is 438 g/mol. The highest BCUT2D eigenvalue weighted by molar-refractivity contribution is 6.02. The highest BCUT2D eigenvalue weighted by Gasteiger charge is 2.44. The number of fused-ring (bicyclic) bond motifs is 1. The minimum Gasteiger partial charge on any atom is -0.394 e. The average Bonchev–Trinajstić information content (AvgIpc) is 2.87. The van der Waals surface area contributed by atoms with Gasteiger partial charge in [-0.05, 0) is 59.9 Å². The first-order valence-corrected chi connectivity index (χ1v) is 11.4. The Hall–Kier alpha value is -3.00. The second-order valence-electron chi connectivity index (χ2n) is 8.74. The molecule has 9 nitrogen and oxygen atoms in total. The molecule has 9 heteroatoms. The number of hydrogen-bond donors (Lipinski definition) is 5. The van der Waals surface area contributed by atoms with E-state index in [0.29, 0.717) is 5.56 Å². The summed E-state index contributed by atoms with van der Waals surface area (Å²) in [6, 6.07) is 12.3. The standard InChI is InChI=1S/C25H29N3O6/c26-13-18(24(32)27-21-23(31)22(30)20(14-29)34-25(21)33)11-15-4-5-17-12-19(7-6-16(17)10-15)28-8-2-1-3-9-28/h4-7,10-12,20-23,25,29-31,33H,1-3,8-9,14H2,(H,27,32)/b18-11-/t20-,21-,22-,23-,25?/m1/s1. The lowest BCUT2D eigenvalue weighted by atomic mass is 9.96. The van der Waals surface area contributed by atoms with Gasteiger partial charge in [-0.2, -0.15) is 5.26 Å². The van der Waals surface area contributed by atoms with E-state index < -0.39 is 43.2 Å². The quantitative estimate of drug-likeness (QED) is 0.318. The number of piperidine rings is 1. The lowest BCUT2D eigenvalue weighted by Crippen LogP contribution is -2.64. The van der Waals surface area contributed by atoms with E-state index in [1.165, 1.54) is 31.0 Å². The second-order valence-corrected chi connectivity index (χ2v) is 8.74. The van der Waals surface area contributed by atoms with Gasteiger partial charge in [0, 0.05) is 18.8 Å². The van der Waals surface area contributed by atoms with E-state index >= 15 is 0 Å². The lowest BCUT2D eigenvalue weighted by Gasteiger charge is -2.40. The zero-order valence-corrected chi connectivity index (χ0v) is 18.7. The van der Waals surface area contributed by atoms with Crippen molar-refractivity contribution >= 4 is 28.4 Å². The maximum atomic E-state index is 12.7. The van der Waals surface area contributed by atoms with E-state index in [2.05, 4.69) is 22.3 Å². The van der Waals surface area contributed by atoms with Crippen molar-refractivity contribution < 1.29 is 30.0 Å². The number of hydrogen-bond acceptors (Lipinski definition) is 8. The number of ether oxygens (including phenoxy) is 1. The maximum absolute atomic E-state index is 12.7. The third-order valence-electron chi connectivity index (χ3n) is 6.44. The first-order valence-electron chi connectivity index (χ1n) is 11.4. The number of amides is 1. The van der Waals surface area contributed by atoms with Crippen LogP contribution < -0.4 is 10.2 Å². The van der Waals surface area contributed by atoms with Crippen molar-refractivity contribution in [1.82, 2.24) is 5.32 Å². The summed E-state index contributed by atoms with van der Waals surface area (Å²) in [4.78, 5) is 15.0. The summed E-state index contributed by atoms with van der Waals surface area (Å²) in [6.07, 6.45) is -0.854. The van der Waals surface area contributed by atoms with Crippen molar-refractivity contribution in [2.75, 3.05) is 24.6 Å². The number of carbonyl (C=O) groups excluding carboxylic acids is 1. The van der Waals surface area contributed by atoms with Crippen molar-refractivity contribution in [2.24, 2.45) is 0 Å². The fourth-order valence-electron chi connectivity index (χ4n) is 4.49. The molecule has 2 heterocycles. The zero-order chi connectivity index (χ0) is 24.2. The van der Waals surface area contributed by atoms with E-state index in [1.807, 2.05) is 30.3 Å². The highest BCUT2D eigenvalue weighted by atomic mass is 16.6. The molecule has 0 spiro atoms. The summed E-state index contributed by atoms with van der Waals surface area (Å²) in [5.41, 5.74) is 1.60. The number of nitrogens with one attached hydrogen (secondary N) is 1. The second kappa shape index (κ2) is 10.5. The van der Waals surface area contributed by atoms with Gasteiger partial charge in [-0.25, -0.2) is 0 Å². The van der Waals surface area contributed by atoms with Crippen LogP contribution in [-0.4, -0.2) is 76.7 Å². The molecule has 2 saturated heterocycles. The number of aliphatic hydroxyl groups is 4. The molecule has 180 valence electrons. The average molecular weight is 468 g/mol. The molecule has 2 aromatic carbocycles. The molecule has 5 N–H and O–H groups in total. The molecule has 0 saturated carbocycles. The number of aliphatic hydroxyl groups excluding tert-OH is 4. The zero-order valence-electron chi connectivity index (χ0n) is 18.7. The fourth-order valence-corrected chi connectivity index (χ4v) is 4.49. The molecule has 0 radical (unpaired) electrons. The largest absolute Gasteiger partial charge is 0.394 e. The Balaban J connectivity index is 1.50. The monoisotopic (exact) mass is 467 g/mol. The van der Waals surface area contributed by atoms with Gasteiger partial charge in [-0.15, -0.1) is 0 Å². The highest BCUT2D eigenvalue weighted by Crippen LogP contribution is 2.26. The molecular formula is C25H29N3O6. The summed E-state index contributed by atoms with van der Waals surface area (Å²) in [6.45, 7) is 1.50. The molecule has 1 unspecified atom stereocenters. The van der Waals surface area contributed by atoms with Crippen LogP contribution in [0.4, 0.5) is 5.69 Å². The Morgan fingerprint density at radius 2 is 1.79 bits per heavy atom. The Kier molecular flexibility index (Phi) is 7.46. The van der Waals surface area contributed by atoms with Crippen LogP contribution in [0.1, 0.15) is 24.8 Å². The van der Waals surface area contributed by atoms with Crippen LogP contribution in [0.15, 0.2) is 42.0 Å². The first-order chi connectivity index (χ1) is 16.4. The van der Waals surface area contributed by atoms with E-state index in [9.17, 15) is 25.4 Å². The SMILES string of the molecule is N#C/C(=C/c1ccc2cc(N3CCCCC3)ccc2c1)C(=O)N[C@H]1C(O)O[C@H](CO)[C@@H](O)[C@@H]1O. The number of nitriles is 1. The first kappa shape index (κ1) is 24.1. The number of rotatable bonds is 5. The van der Waals surface area contributed by atoms with Gasteiger partial charge in [-0.3, -0.25) is 4.79 Å². The van der Waals surface area contributed by atoms with Crippen molar-refractivity contribution in [1.29, 1.82) is 5.26 Å². The Bertz CT molecular complexity index is 1110. The summed E-state index contributed by atoms with van der Waals surface area (Å²) in [7, 11) is 0. The molecule has 1 amide bonds. The van der Waals surface area contributed by atoms with E-state index in [1.54, 1.807) is 0 Å². The molecule has 2 aliphatic heterocycles. The van der Waals surface area contributed by atoms with Crippen LogP contribution >= 0.6 is 0 Å². The number of anilines is 1. The van der Waals surface area contributed by atoms with Gasteiger partial charge in [0.2, 0.25) is 0 Å². The normalized spacial score (nSPS) is 27.9. The lowest BCUT2D eigenvalue weighted by molar-refractivity contribution is -0.253. The van der Waals surface area contributed by atoms with Crippen molar-refractivity contribution in [3.05, 3.63) is 47.5 Å². The predicted octanol–water partition coefficient (Wildman–Crippen LogP) is 0.653. The molecule has 5 atom stereocenters. The van der Waals surface area contributed by atoms with Crippen LogP contribution in [0.5, 0.6) is 0 Å². The maximum Gasteiger partial charge on any atom is 0.262 e. The number of carbonyl (C=O) groups is 1. The van der Waals surface area contributed by atoms with Crippen molar-refractivity contribution in [2.45, 2.75) is 49.9 Å². The van der Waals surface area contributed by atoms with E-state index in [4.69, 9.17) is 9.84 Å². The minimum absolute atomic E-state index is 0.234. The van der Waals surface area contributed by atoms with Crippen LogP contribution in [0.2, 0.25) is 0 Å². The van der Waals surface area contributed by atoms with Gasteiger partial charge in [0.05, 0.1) is 6.61 Å². The van der Waals surface area contributed by atoms with Crippen molar-refractivity contribution in [3.63, 3.8) is 0 Å². The smallest absolute Gasteiger partial charge is 0.262 e. The van der Waals surface area contributed by atoms with Crippen LogP contribution in [0.3, 0.4) is 0 Å². The molecule has 0 aromatic heterocycles. The topological polar surface area (TPSA) is 146 Å². The third kappa shape index (κ3) is 5.06. The Morgan fingerprint density at radius 3 is 2.50 bits per heavy atom. The molecule has 0 aliphatic carbocycles. The van der Waals surface area contributed by atoms with E-state index in [0.717, 1.165) is 23.9 Å². The van der Waals surface area contributed by atoms with E-state index in [-0.39, 0.29) is 5.57 Å². The van der Waals surface area contributed by atoms with Crippen molar-refractivity contribution in [3.8, 4) is 6.07 Å². The van der Waals surface area contributed by atoms with Gasteiger partial charge in [0.25, 0.3) is 5.91 Å². The predicted molar refractivity (Wildman–Crippen MR) is 126 cm³/mol. The molecule has 0 bridgehead atoms. The fraction of sp³-hybridized carbons (Fsp3) is 0.440. The Morgan fingerprint density at radius 1 is 1.09 bits per heavy atom.